The molecule has 1 aliphatic rings. The molecule has 1 N–H and O–H groups in total. The summed E-state index contributed by atoms with van der Waals surface area (Å²) >= 11 is 0. The Labute approximate surface area is 125 Å². The zero-order valence-electron chi connectivity index (χ0n) is 12.7. The fraction of sp³-hybridized carbons (Fsp3) is 0.588. The van der Waals surface area contributed by atoms with Crippen molar-refractivity contribution in [3.63, 3.8) is 0 Å². The van der Waals surface area contributed by atoms with Crippen LogP contribution in [0.1, 0.15) is 44.6 Å². The lowest BCUT2D eigenvalue weighted by Crippen LogP contribution is -2.38. The lowest BCUT2D eigenvalue weighted by Gasteiger charge is -2.37. The van der Waals surface area contributed by atoms with Crippen molar-refractivity contribution < 1.29 is 19.0 Å². The van der Waals surface area contributed by atoms with E-state index in [-0.39, 0.29) is 12.2 Å². The van der Waals surface area contributed by atoms with Crippen molar-refractivity contribution in [2.75, 3.05) is 7.11 Å². The Hall–Kier alpha value is -1.58. The lowest BCUT2D eigenvalue weighted by molar-refractivity contribution is -0.152. The summed E-state index contributed by atoms with van der Waals surface area (Å²) in [5.41, 5.74) is -0.403. The SMILES string of the molecule is CCC1CCCC(Cc2cccc(OC)c2F)(C(=O)O)C1. The van der Waals surface area contributed by atoms with Crippen LogP contribution in [0.3, 0.4) is 0 Å². The normalized spacial score (nSPS) is 25.6. The molecule has 0 heterocycles. The Morgan fingerprint density at radius 1 is 1.52 bits per heavy atom. The van der Waals surface area contributed by atoms with Gasteiger partial charge in [-0.15, -0.1) is 0 Å². The van der Waals surface area contributed by atoms with Crippen LogP contribution in [0.2, 0.25) is 0 Å². The van der Waals surface area contributed by atoms with Gasteiger partial charge in [-0.3, -0.25) is 4.79 Å². The highest BCUT2D eigenvalue weighted by atomic mass is 19.1. The highest BCUT2D eigenvalue weighted by Gasteiger charge is 2.43. The first-order chi connectivity index (χ1) is 10.0. The van der Waals surface area contributed by atoms with Gasteiger partial charge in [0.1, 0.15) is 0 Å². The first kappa shape index (κ1) is 15.8. The quantitative estimate of drug-likeness (QED) is 0.891. The first-order valence-corrected chi connectivity index (χ1v) is 7.57. The van der Waals surface area contributed by atoms with Crippen LogP contribution in [0.5, 0.6) is 5.75 Å². The maximum atomic E-state index is 14.3. The Morgan fingerprint density at radius 2 is 2.29 bits per heavy atom. The molecule has 4 heteroatoms. The maximum Gasteiger partial charge on any atom is 0.309 e. The van der Waals surface area contributed by atoms with Gasteiger partial charge in [0.05, 0.1) is 12.5 Å². The monoisotopic (exact) mass is 294 g/mol. The van der Waals surface area contributed by atoms with E-state index in [0.29, 0.717) is 24.3 Å². The summed E-state index contributed by atoms with van der Waals surface area (Å²) in [5, 5.41) is 9.73. The second kappa shape index (κ2) is 6.46. The summed E-state index contributed by atoms with van der Waals surface area (Å²) in [5.74, 6) is -0.637. The van der Waals surface area contributed by atoms with Crippen molar-refractivity contribution in [3.8, 4) is 5.75 Å². The van der Waals surface area contributed by atoms with Crippen LogP contribution in [-0.2, 0) is 11.2 Å². The maximum absolute atomic E-state index is 14.3. The van der Waals surface area contributed by atoms with Gasteiger partial charge in [-0.05, 0) is 36.8 Å². The molecule has 1 saturated carbocycles. The number of aliphatic carboxylic acids is 1. The van der Waals surface area contributed by atoms with Crippen LogP contribution in [-0.4, -0.2) is 18.2 Å². The molecule has 0 bridgehead atoms. The highest BCUT2D eigenvalue weighted by Crippen LogP contribution is 2.44. The average molecular weight is 294 g/mol. The predicted molar refractivity (Wildman–Crippen MR) is 79.0 cm³/mol. The van der Waals surface area contributed by atoms with Crippen molar-refractivity contribution >= 4 is 5.97 Å². The van der Waals surface area contributed by atoms with Crippen molar-refractivity contribution in [2.24, 2.45) is 11.3 Å². The molecular weight excluding hydrogens is 271 g/mol. The Kier molecular flexibility index (Phi) is 4.86. The minimum Gasteiger partial charge on any atom is -0.494 e. The number of halogens is 1. The van der Waals surface area contributed by atoms with E-state index in [1.807, 2.05) is 0 Å². The number of benzene rings is 1. The standard InChI is InChI=1S/C17H23FO3/c1-3-12-6-5-9-17(10-12,16(19)20)11-13-7-4-8-14(21-2)15(13)18/h4,7-8,12H,3,5-6,9-11H2,1-2H3,(H,19,20). The molecule has 2 atom stereocenters. The predicted octanol–water partition coefficient (Wildman–Crippen LogP) is 4.05. The van der Waals surface area contributed by atoms with E-state index in [1.165, 1.54) is 7.11 Å². The number of carbonyl (C=O) groups is 1. The van der Waals surface area contributed by atoms with E-state index in [1.54, 1.807) is 18.2 Å². The number of methoxy groups -OCH3 is 1. The first-order valence-electron chi connectivity index (χ1n) is 7.57. The van der Waals surface area contributed by atoms with Gasteiger partial charge in [0.15, 0.2) is 11.6 Å². The number of hydrogen-bond donors (Lipinski definition) is 1. The average Bonchev–Trinajstić information content (AvgIpc) is 2.49. The summed E-state index contributed by atoms with van der Waals surface area (Å²) in [6.07, 6.45) is 4.45. The van der Waals surface area contributed by atoms with E-state index < -0.39 is 17.2 Å². The minimum absolute atomic E-state index is 0.177. The van der Waals surface area contributed by atoms with Gasteiger partial charge in [-0.2, -0.15) is 0 Å². The zero-order valence-corrected chi connectivity index (χ0v) is 12.7. The summed E-state index contributed by atoms with van der Waals surface area (Å²) < 4.78 is 19.3. The summed E-state index contributed by atoms with van der Waals surface area (Å²) in [6, 6.07) is 4.94. The molecule has 21 heavy (non-hydrogen) atoms. The molecule has 1 aromatic rings. The van der Waals surface area contributed by atoms with Gasteiger partial charge in [-0.25, -0.2) is 4.39 Å². The van der Waals surface area contributed by atoms with Crippen molar-refractivity contribution in [1.29, 1.82) is 0 Å². The molecule has 0 saturated heterocycles. The van der Waals surface area contributed by atoms with Crippen molar-refractivity contribution in [2.45, 2.75) is 45.4 Å². The molecule has 0 radical (unpaired) electrons. The Balaban J connectivity index is 2.30. The Morgan fingerprint density at radius 3 is 2.90 bits per heavy atom. The fourth-order valence-corrected chi connectivity index (χ4v) is 3.48. The van der Waals surface area contributed by atoms with Gasteiger partial charge in [0.25, 0.3) is 0 Å². The van der Waals surface area contributed by atoms with Crippen LogP contribution in [0.15, 0.2) is 18.2 Å². The zero-order chi connectivity index (χ0) is 15.5. The summed E-state index contributed by atoms with van der Waals surface area (Å²) in [4.78, 5) is 11.9. The van der Waals surface area contributed by atoms with Gasteiger partial charge < -0.3 is 9.84 Å². The van der Waals surface area contributed by atoms with Gasteiger partial charge >= 0.3 is 5.97 Å². The second-order valence-corrected chi connectivity index (χ2v) is 6.07. The summed E-state index contributed by atoms with van der Waals surface area (Å²) in [6.45, 7) is 2.09. The smallest absolute Gasteiger partial charge is 0.309 e. The molecular formula is C17H23FO3. The Bertz CT molecular complexity index is 515. The topological polar surface area (TPSA) is 46.5 Å². The van der Waals surface area contributed by atoms with Crippen LogP contribution >= 0.6 is 0 Å². The number of carboxylic acid groups (broad SMARTS) is 1. The van der Waals surface area contributed by atoms with E-state index in [2.05, 4.69) is 6.92 Å². The van der Waals surface area contributed by atoms with E-state index in [0.717, 1.165) is 19.3 Å². The minimum atomic E-state index is -0.841. The fourth-order valence-electron chi connectivity index (χ4n) is 3.48. The molecule has 0 spiro atoms. The molecule has 0 aliphatic heterocycles. The number of carboxylic acids is 1. The van der Waals surface area contributed by atoms with Crippen LogP contribution in [0, 0.1) is 17.2 Å². The third-order valence-corrected chi connectivity index (χ3v) is 4.77. The highest BCUT2D eigenvalue weighted by molar-refractivity contribution is 5.75. The van der Waals surface area contributed by atoms with E-state index >= 15 is 0 Å². The summed E-state index contributed by atoms with van der Waals surface area (Å²) in [7, 11) is 1.42. The van der Waals surface area contributed by atoms with E-state index in [4.69, 9.17) is 4.74 Å². The lowest BCUT2D eigenvalue weighted by atomic mass is 9.66. The third kappa shape index (κ3) is 3.20. The molecule has 1 fully saturated rings. The molecule has 1 aliphatic carbocycles. The number of hydrogen-bond acceptors (Lipinski definition) is 2. The second-order valence-electron chi connectivity index (χ2n) is 6.07. The molecule has 0 amide bonds. The van der Waals surface area contributed by atoms with E-state index in [9.17, 15) is 14.3 Å². The van der Waals surface area contributed by atoms with Crippen LogP contribution in [0.4, 0.5) is 4.39 Å². The van der Waals surface area contributed by atoms with Crippen LogP contribution < -0.4 is 4.74 Å². The number of ether oxygens (including phenoxy) is 1. The van der Waals surface area contributed by atoms with Gasteiger partial charge in [-0.1, -0.05) is 38.3 Å². The molecule has 2 unspecified atom stereocenters. The van der Waals surface area contributed by atoms with Gasteiger partial charge in [0.2, 0.25) is 0 Å². The van der Waals surface area contributed by atoms with Crippen molar-refractivity contribution in [1.82, 2.24) is 0 Å². The van der Waals surface area contributed by atoms with Crippen molar-refractivity contribution in [3.05, 3.63) is 29.6 Å². The molecule has 3 nitrogen and oxygen atoms in total. The van der Waals surface area contributed by atoms with Crippen LogP contribution in [0.25, 0.3) is 0 Å². The molecule has 116 valence electrons. The third-order valence-electron chi connectivity index (χ3n) is 4.77. The number of rotatable bonds is 5. The molecule has 0 aromatic heterocycles. The molecule has 2 rings (SSSR count). The molecule has 1 aromatic carbocycles. The largest absolute Gasteiger partial charge is 0.494 e. The van der Waals surface area contributed by atoms with Gasteiger partial charge in [0, 0.05) is 0 Å².